The van der Waals surface area contributed by atoms with E-state index in [2.05, 4.69) is 15.6 Å². The number of carbonyl (C=O) groups is 1. The van der Waals surface area contributed by atoms with Gasteiger partial charge in [-0.3, -0.25) is 4.98 Å². The first-order valence-corrected chi connectivity index (χ1v) is 7.56. The topological polar surface area (TPSA) is 72.5 Å². The van der Waals surface area contributed by atoms with Crippen LogP contribution in [0.1, 0.15) is 18.7 Å². The predicted octanol–water partition coefficient (Wildman–Crippen LogP) is 2.28. The zero-order valence-electron chi connectivity index (χ0n) is 12.9. The number of nitrogens with zero attached hydrogens (tertiary/aromatic N) is 1. The Morgan fingerprint density at radius 3 is 2.83 bits per heavy atom. The van der Waals surface area contributed by atoms with Crippen molar-refractivity contribution in [2.45, 2.75) is 19.1 Å². The second-order valence-electron chi connectivity index (χ2n) is 5.33. The lowest BCUT2D eigenvalue weighted by atomic mass is 10.2. The van der Waals surface area contributed by atoms with Crippen LogP contribution in [0.3, 0.4) is 0 Å². The fourth-order valence-electron chi connectivity index (χ4n) is 2.32. The highest BCUT2D eigenvalue weighted by molar-refractivity contribution is 5.74. The second kappa shape index (κ2) is 7.00. The molecule has 2 amide bonds. The average Bonchev–Trinajstić information content (AvgIpc) is 2.60. The lowest BCUT2D eigenvalue weighted by Gasteiger charge is -2.26. The molecule has 23 heavy (non-hydrogen) atoms. The second-order valence-corrected chi connectivity index (χ2v) is 5.33. The molecule has 2 aromatic rings. The predicted molar refractivity (Wildman–Crippen MR) is 85.5 cm³/mol. The smallest absolute Gasteiger partial charge is 0.315 e. The molecular formula is C17H19N3O3. The summed E-state index contributed by atoms with van der Waals surface area (Å²) in [5, 5.41) is 5.65. The van der Waals surface area contributed by atoms with Crippen molar-refractivity contribution in [2.24, 2.45) is 0 Å². The van der Waals surface area contributed by atoms with Gasteiger partial charge < -0.3 is 20.1 Å². The van der Waals surface area contributed by atoms with Crippen LogP contribution in [0.5, 0.6) is 11.5 Å². The van der Waals surface area contributed by atoms with Crippen LogP contribution < -0.4 is 20.1 Å². The Balaban J connectivity index is 1.47. The molecule has 0 radical (unpaired) electrons. The molecule has 1 aliphatic rings. The molecule has 0 saturated carbocycles. The summed E-state index contributed by atoms with van der Waals surface area (Å²) in [6.45, 7) is 2.67. The van der Waals surface area contributed by atoms with Crippen LogP contribution in [0, 0.1) is 0 Å². The van der Waals surface area contributed by atoms with Gasteiger partial charge in [-0.1, -0.05) is 18.2 Å². The summed E-state index contributed by atoms with van der Waals surface area (Å²) in [7, 11) is 0. The van der Waals surface area contributed by atoms with Crippen molar-refractivity contribution in [1.29, 1.82) is 0 Å². The minimum absolute atomic E-state index is 0.166. The summed E-state index contributed by atoms with van der Waals surface area (Å²) in [5.41, 5.74) is 0.814. The van der Waals surface area contributed by atoms with E-state index in [9.17, 15) is 4.79 Å². The molecule has 6 nitrogen and oxygen atoms in total. The quantitative estimate of drug-likeness (QED) is 0.908. The lowest BCUT2D eigenvalue weighted by Crippen LogP contribution is -2.45. The third-order valence-electron chi connectivity index (χ3n) is 3.54. The van der Waals surface area contributed by atoms with Gasteiger partial charge in [0.25, 0.3) is 0 Å². The van der Waals surface area contributed by atoms with E-state index in [-0.39, 0.29) is 18.2 Å². The maximum Gasteiger partial charge on any atom is 0.315 e. The first-order chi connectivity index (χ1) is 11.2. The normalized spacial score (nSPS) is 17.2. The Kier molecular flexibility index (Phi) is 4.61. The average molecular weight is 313 g/mol. The molecule has 0 saturated heterocycles. The van der Waals surface area contributed by atoms with Crippen LogP contribution in [0.15, 0.2) is 48.7 Å². The van der Waals surface area contributed by atoms with Crippen molar-refractivity contribution in [3.8, 4) is 11.5 Å². The van der Waals surface area contributed by atoms with Gasteiger partial charge in [0.1, 0.15) is 6.61 Å². The number of carbonyl (C=O) groups excluding carboxylic acids is 1. The highest BCUT2D eigenvalue weighted by atomic mass is 16.6. The van der Waals surface area contributed by atoms with E-state index in [1.54, 1.807) is 6.20 Å². The SMILES string of the molecule is C[C@H](NC(=O)NC[C@@H]1COc2ccccc2O1)c1ccccn1. The number of aromatic nitrogens is 1. The molecule has 120 valence electrons. The van der Waals surface area contributed by atoms with Gasteiger partial charge in [0.15, 0.2) is 17.6 Å². The maximum absolute atomic E-state index is 12.0. The molecule has 2 N–H and O–H groups in total. The number of para-hydroxylation sites is 2. The Hall–Kier alpha value is -2.76. The van der Waals surface area contributed by atoms with Crippen molar-refractivity contribution >= 4 is 6.03 Å². The number of nitrogens with one attached hydrogen (secondary N) is 2. The minimum Gasteiger partial charge on any atom is -0.486 e. The van der Waals surface area contributed by atoms with Gasteiger partial charge in [-0.15, -0.1) is 0 Å². The summed E-state index contributed by atoms with van der Waals surface area (Å²) < 4.78 is 11.4. The van der Waals surface area contributed by atoms with Crippen LogP contribution in [0.4, 0.5) is 4.79 Å². The fourth-order valence-corrected chi connectivity index (χ4v) is 2.32. The molecule has 6 heteroatoms. The van der Waals surface area contributed by atoms with Crippen molar-refractivity contribution in [3.63, 3.8) is 0 Å². The summed E-state index contributed by atoms with van der Waals surface area (Å²) in [6.07, 6.45) is 1.50. The van der Waals surface area contributed by atoms with Crippen LogP contribution in [0.2, 0.25) is 0 Å². The molecular weight excluding hydrogens is 294 g/mol. The standard InChI is InChI=1S/C17H19N3O3/c1-12(14-6-4-5-9-18-14)20-17(21)19-10-13-11-22-15-7-2-3-8-16(15)23-13/h2-9,12-13H,10-11H2,1H3,(H2,19,20,21)/t12-,13+/m0/s1. The van der Waals surface area contributed by atoms with Crippen LogP contribution in [-0.4, -0.2) is 30.3 Å². The molecule has 0 bridgehead atoms. The molecule has 2 heterocycles. The van der Waals surface area contributed by atoms with Gasteiger partial charge in [0, 0.05) is 6.20 Å². The van der Waals surface area contributed by atoms with Crippen molar-refractivity contribution < 1.29 is 14.3 Å². The number of fused-ring (bicyclic) bond motifs is 1. The molecule has 1 aromatic carbocycles. The summed E-state index contributed by atoms with van der Waals surface area (Å²) in [4.78, 5) is 16.2. The number of ether oxygens (including phenoxy) is 2. The van der Waals surface area contributed by atoms with E-state index in [4.69, 9.17) is 9.47 Å². The number of pyridine rings is 1. The number of amides is 2. The molecule has 1 aromatic heterocycles. The molecule has 2 atom stereocenters. The summed E-state index contributed by atoms with van der Waals surface area (Å²) >= 11 is 0. The van der Waals surface area contributed by atoms with Crippen molar-refractivity contribution in [3.05, 3.63) is 54.4 Å². The van der Waals surface area contributed by atoms with E-state index < -0.39 is 0 Å². The fraction of sp³-hybridized carbons (Fsp3) is 0.294. The highest BCUT2D eigenvalue weighted by Gasteiger charge is 2.21. The highest BCUT2D eigenvalue weighted by Crippen LogP contribution is 2.30. The molecule has 0 aliphatic carbocycles. The number of hydrogen-bond donors (Lipinski definition) is 2. The van der Waals surface area contributed by atoms with Crippen LogP contribution >= 0.6 is 0 Å². The van der Waals surface area contributed by atoms with Crippen molar-refractivity contribution in [1.82, 2.24) is 15.6 Å². The Labute approximate surface area is 134 Å². The Bertz CT molecular complexity index is 663. The van der Waals surface area contributed by atoms with Crippen molar-refractivity contribution in [2.75, 3.05) is 13.2 Å². The van der Waals surface area contributed by atoms with Crippen LogP contribution in [0.25, 0.3) is 0 Å². The zero-order chi connectivity index (χ0) is 16.1. The van der Waals surface area contributed by atoms with Gasteiger partial charge in [-0.2, -0.15) is 0 Å². The number of rotatable bonds is 4. The largest absolute Gasteiger partial charge is 0.486 e. The van der Waals surface area contributed by atoms with E-state index in [0.717, 1.165) is 11.4 Å². The monoisotopic (exact) mass is 313 g/mol. The van der Waals surface area contributed by atoms with E-state index in [1.165, 1.54) is 0 Å². The first kappa shape index (κ1) is 15.1. The van der Waals surface area contributed by atoms with Gasteiger partial charge in [-0.05, 0) is 31.2 Å². The zero-order valence-corrected chi connectivity index (χ0v) is 12.9. The number of benzene rings is 1. The van der Waals surface area contributed by atoms with E-state index in [0.29, 0.717) is 18.9 Å². The lowest BCUT2D eigenvalue weighted by molar-refractivity contribution is 0.0917. The third-order valence-corrected chi connectivity index (χ3v) is 3.54. The van der Waals surface area contributed by atoms with Gasteiger partial charge in [0.05, 0.1) is 18.3 Å². The summed E-state index contributed by atoms with van der Waals surface area (Å²) in [6, 6.07) is 12.7. The van der Waals surface area contributed by atoms with Crippen LogP contribution in [-0.2, 0) is 0 Å². The van der Waals surface area contributed by atoms with Gasteiger partial charge in [0.2, 0.25) is 0 Å². The molecule has 1 aliphatic heterocycles. The third kappa shape index (κ3) is 3.91. The Morgan fingerprint density at radius 1 is 1.26 bits per heavy atom. The van der Waals surface area contributed by atoms with E-state index >= 15 is 0 Å². The van der Waals surface area contributed by atoms with Gasteiger partial charge >= 0.3 is 6.03 Å². The molecule has 0 unspecified atom stereocenters. The minimum atomic E-state index is -0.259. The first-order valence-electron chi connectivity index (χ1n) is 7.56. The van der Waals surface area contributed by atoms with E-state index in [1.807, 2.05) is 49.4 Å². The molecule has 0 fully saturated rings. The summed E-state index contributed by atoms with van der Waals surface area (Å²) in [5.74, 6) is 1.43. The number of urea groups is 1. The number of hydrogen-bond acceptors (Lipinski definition) is 4. The van der Waals surface area contributed by atoms with Gasteiger partial charge in [-0.25, -0.2) is 4.79 Å². The molecule has 3 rings (SSSR count). The Morgan fingerprint density at radius 2 is 2.04 bits per heavy atom. The molecule has 0 spiro atoms. The maximum atomic E-state index is 12.0.